The largest absolute Gasteiger partial charge is 0.379 e. The first-order valence-corrected chi connectivity index (χ1v) is 8.65. The van der Waals surface area contributed by atoms with E-state index in [-0.39, 0.29) is 18.1 Å². The Morgan fingerprint density at radius 2 is 2.27 bits per heavy atom. The summed E-state index contributed by atoms with van der Waals surface area (Å²) >= 11 is 0. The molecule has 0 saturated carbocycles. The molecule has 8 nitrogen and oxygen atoms in total. The number of ether oxygens (including phenoxy) is 2. The molecule has 0 spiro atoms. The van der Waals surface area contributed by atoms with Crippen LogP contribution in [0.2, 0.25) is 0 Å². The molecule has 1 amide bonds. The minimum Gasteiger partial charge on any atom is -0.379 e. The first-order chi connectivity index (χ1) is 12.6. The molecule has 2 aromatic heterocycles. The molecule has 1 aliphatic heterocycles. The lowest BCUT2D eigenvalue weighted by atomic mass is 10.1. The van der Waals surface area contributed by atoms with E-state index in [4.69, 9.17) is 14.0 Å². The molecule has 8 heteroatoms. The van der Waals surface area contributed by atoms with Gasteiger partial charge in [-0.3, -0.25) is 4.79 Å². The van der Waals surface area contributed by atoms with E-state index in [0.29, 0.717) is 31.2 Å². The molecule has 2 N–H and O–H groups in total. The van der Waals surface area contributed by atoms with Crippen molar-refractivity contribution in [2.75, 3.05) is 25.6 Å². The topological polar surface area (TPSA) is 98.5 Å². The lowest BCUT2D eigenvalue weighted by Gasteiger charge is -2.32. The molecule has 2 atom stereocenters. The van der Waals surface area contributed by atoms with E-state index < -0.39 is 0 Å². The van der Waals surface area contributed by atoms with Crippen molar-refractivity contribution in [3.63, 3.8) is 0 Å². The van der Waals surface area contributed by atoms with Crippen LogP contribution in [0.4, 0.5) is 5.82 Å². The predicted molar refractivity (Wildman–Crippen MR) is 95.0 cm³/mol. The number of aromatic nitrogens is 2. The first-order valence-electron chi connectivity index (χ1n) is 8.65. The van der Waals surface area contributed by atoms with Gasteiger partial charge in [-0.1, -0.05) is 5.16 Å². The average molecular weight is 360 g/mol. The monoisotopic (exact) mass is 360 g/mol. The highest BCUT2D eigenvalue weighted by molar-refractivity contribution is 5.98. The summed E-state index contributed by atoms with van der Waals surface area (Å²) in [5, 5.41) is 9.90. The number of carbonyl (C=O) groups excluding carboxylic acids is 1. The van der Waals surface area contributed by atoms with Gasteiger partial charge in [-0.15, -0.1) is 0 Å². The number of hydrogen-bond acceptors (Lipinski definition) is 7. The number of rotatable bonds is 6. The normalized spacial score (nSPS) is 20.0. The van der Waals surface area contributed by atoms with Gasteiger partial charge in [0, 0.05) is 25.4 Å². The average Bonchev–Trinajstić information content (AvgIpc) is 2.99. The highest BCUT2D eigenvalue weighted by Gasteiger charge is 2.28. The number of aryl methyl sites for hydroxylation is 2. The molecule has 140 valence electrons. The summed E-state index contributed by atoms with van der Waals surface area (Å²) in [4.78, 5) is 16.3. The molecular weight excluding hydrogens is 336 g/mol. The number of nitrogens with one attached hydrogen (secondary N) is 2. The van der Waals surface area contributed by atoms with Crippen LogP contribution in [0.25, 0.3) is 0 Å². The fourth-order valence-corrected chi connectivity index (χ4v) is 2.96. The Kier molecular flexibility index (Phi) is 5.85. The minimum atomic E-state index is -0.189. The minimum absolute atomic E-state index is 0.0722. The Labute approximate surface area is 152 Å². The van der Waals surface area contributed by atoms with Crippen molar-refractivity contribution in [2.45, 2.75) is 39.0 Å². The highest BCUT2D eigenvalue weighted by atomic mass is 16.5. The fourth-order valence-electron chi connectivity index (χ4n) is 2.96. The van der Waals surface area contributed by atoms with E-state index in [1.165, 1.54) is 0 Å². The van der Waals surface area contributed by atoms with Crippen molar-refractivity contribution < 1.29 is 18.8 Å². The van der Waals surface area contributed by atoms with Gasteiger partial charge >= 0.3 is 0 Å². The van der Waals surface area contributed by atoms with Gasteiger partial charge in [0.15, 0.2) is 0 Å². The van der Waals surface area contributed by atoms with Gasteiger partial charge in [0.2, 0.25) is 0 Å². The van der Waals surface area contributed by atoms with E-state index in [1.807, 2.05) is 13.8 Å². The number of pyridine rings is 1. The van der Waals surface area contributed by atoms with Gasteiger partial charge < -0.3 is 24.6 Å². The molecular formula is C18H24N4O4. The smallest absolute Gasteiger partial charge is 0.254 e. The first kappa shape index (κ1) is 18.3. The van der Waals surface area contributed by atoms with Crippen LogP contribution in [-0.4, -0.2) is 48.5 Å². The lowest BCUT2D eigenvalue weighted by molar-refractivity contribution is -0.0482. The predicted octanol–water partition coefficient (Wildman–Crippen LogP) is 1.83. The Morgan fingerprint density at radius 1 is 1.42 bits per heavy atom. The Morgan fingerprint density at radius 3 is 3.00 bits per heavy atom. The summed E-state index contributed by atoms with van der Waals surface area (Å²) in [5.74, 6) is 1.10. The number of anilines is 1. The van der Waals surface area contributed by atoms with Crippen LogP contribution in [0.15, 0.2) is 22.9 Å². The second-order valence-electron chi connectivity index (χ2n) is 6.25. The fraction of sp³-hybridized carbons (Fsp3) is 0.500. The van der Waals surface area contributed by atoms with Crippen LogP contribution in [0.3, 0.4) is 0 Å². The Balaban J connectivity index is 1.71. The quantitative estimate of drug-likeness (QED) is 0.811. The van der Waals surface area contributed by atoms with Gasteiger partial charge in [0.1, 0.15) is 11.6 Å². The lowest BCUT2D eigenvalue weighted by Crippen LogP contribution is -2.44. The van der Waals surface area contributed by atoms with Crippen molar-refractivity contribution in [1.29, 1.82) is 0 Å². The molecule has 0 radical (unpaired) electrons. The van der Waals surface area contributed by atoms with Crippen LogP contribution in [0.5, 0.6) is 0 Å². The van der Waals surface area contributed by atoms with Crippen LogP contribution in [0, 0.1) is 13.8 Å². The maximum Gasteiger partial charge on any atom is 0.254 e. The van der Waals surface area contributed by atoms with Crippen LogP contribution in [0.1, 0.15) is 33.8 Å². The number of hydrogen-bond donors (Lipinski definition) is 2. The number of carbonyl (C=O) groups is 1. The second-order valence-corrected chi connectivity index (χ2v) is 6.25. The Bertz CT molecular complexity index is 742. The van der Waals surface area contributed by atoms with Gasteiger partial charge in [0.05, 0.1) is 36.6 Å². The molecule has 0 aliphatic carbocycles. The molecule has 1 saturated heterocycles. The van der Waals surface area contributed by atoms with Crippen molar-refractivity contribution >= 4 is 11.7 Å². The van der Waals surface area contributed by atoms with Gasteiger partial charge in [0.25, 0.3) is 5.91 Å². The van der Waals surface area contributed by atoms with Crippen molar-refractivity contribution in [1.82, 2.24) is 15.5 Å². The summed E-state index contributed by atoms with van der Waals surface area (Å²) in [6, 6.07) is 3.36. The van der Waals surface area contributed by atoms with Gasteiger partial charge in [-0.25, -0.2) is 4.98 Å². The summed E-state index contributed by atoms with van der Waals surface area (Å²) in [7, 11) is 1.60. The van der Waals surface area contributed by atoms with E-state index in [0.717, 1.165) is 23.4 Å². The third kappa shape index (κ3) is 4.03. The molecule has 1 fully saturated rings. The molecule has 0 aromatic carbocycles. The van der Waals surface area contributed by atoms with E-state index in [9.17, 15) is 4.79 Å². The summed E-state index contributed by atoms with van der Waals surface area (Å²) in [6.07, 6.45) is 2.33. The van der Waals surface area contributed by atoms with E-state index in [1.54, 1.807) is 25.4 Å². The van der Waals surface area contributed by atoms with E-state index in [2.05, 4.69) is 20.8 Å². The summed E-state index contributed by atoms with van der Waals surface area (Å²) in [6.45, 7) is 5.32. The van der Waals surface area contributed by atoms with Gasteiger partial charge in [-0.05, 0) is 32.4 Å². The zero-order valence-corrected chi connectivity index (χ0v) is 15.2. The highest BCUT2D eigenvalue weighted by Crippen LogP contribution is 2.21. The maximum absolute atomic E-state index is 12.0. The van der Waals surface area contributed by atoms with Crippen LogP contribution < -0.4 is 10.6 Å². The molecule has 0 bridgehead atoms. The number of amides is 1. The zero-order chi connectivity index (χ0) is 18.5. The third-order valence-electron chi connectivity index (χ3n) is 4.52. The second kappa shape index (κ2) is 8.29. The van der Waals surface area contributed by atoms with Crippen LogP contribution >= 0.6 is 0 Å². The SMILES string of the molecule is CNC(=O)c1cccnc1N[C@@H]1COCC[C@@H]1OCc1c(C)noc1C. The molecule has 2 aromatic rings. The maximum atomic E-state index is 12.0. The zero-order valence-electron chi connectivity index (χ0n) is 15.2. The standard InChI is InChI=1S/C18H24N4O4/c1-11-14(12(2)26-22-11)9-25-16-6-8-24-10-15(16)21-17-13(18(23)19-3)5-4-7-20-17/h4-5,7,15-16H,6,8-10H2,1-3H3,(H,19,23)(H,20,21)/t15-,16+/m1/s1. The summed E-state index contributed by atoms with van der Waals surface area (Å²) < 4.78 is 16.9. The molecule has 3 rings (SSSR count). The van der Waals surface area contributed by atoms with Crippen molar-refractivity contribution in [3.05, 3.63) is 40.9 Å². The summed E-state index contributed by atoms with van der Waals surface area (Å²) in [5.41, 5.74) is 2.30. The molecule has 3 heterocycles. The molecule has 1 aliphatic rings. The van der Waals surface area contributed by atoms with Gasteiger partial charge in [-0.2, -0.15) is 0 Å². The Hall–Kier alpha value is -2.45. The molecule has 0 unspecified atom stereocenters. The molecule has 26 heavy (non-hydrogen) atoms. The van der Waals surface area contributed by atoms with Crippen LogP contribution in [-0.2, 0) is 16.1 Å². The van der Waals surface area contributed by atoms with Crippen molar-refractivity contribution in [3.8, 4) is 0 Å². The van der Waals surface area contributed by atoms with E-state index >= 15 is 0 Å². The van der Waals surface area contributed by atoms with Crippen molar-refractivity contribution in [2.24, 2.45) is 0 Å². The number of nitrogens with zero attached hydrogens (tertiary/aromatic N) is 2. The third-order valence-corrected chi connectivity index (χ3v) is 4.52.